The van der Waals surface area contributed by atoms with Gasteiger partial charge in [0.2, 0.25) is 0 Å². The van der Waals surface area contributed by atoms with Gasteiger partial charge in [0, 0.05) is 11.3 Å². The highest BCUT2D eigenvalue weighted by Gasteiger charge is 2.28. The van der Waals surface area contributed by atoms with Crippen molar-refractivity contribution < 1.29 is 10.2 Å². The third-order valence-corrected chi connectivity index (χ3v) is 4.34. The van der Waals surface area contributed by atoms with Crippen LogP contribution in [0.2, 0.25) is 0 Å². The van der Waals surface area contributed by atoms with Gasteiger partial charge in [0.25, 0.3) is 0 Å². The fourth-order valence-corrected chi connectivity index (χ4v) is 2.88. The Morgan fingerprint density at radius 3 is 1.62 bits per heavy atom. The molecule has 0 heterocycles. The molecule has 0 aliphatic rings. The van der Waals surface area contributed by atoms with E-state index in [2.05, 4.69) is 6.92 Å². The molecular weight excluding hydrogens is 284 g/mol. The van der Waals surface area contributed by atoms with Crippen molar-refractivity contribution in [3.05, 3.63) is 59.7 Å². The molecule has 3 heteroatoms. The molecule has 2 N–H and O–H groups in total. The van der Waals surface area contributed by atoms with E-state index in [1.54, 1.807) is 24.3 Å². The van der Waals surface area contributed by atoms with Crippen LogP contribution in [-0.2, 0) is 5.41 Å². The van der Waals surface area contributed by atoms with Gasteiger partial charge in [0.15, 0.2) is 0 Å². The van der Waals surface area contributed by atoms with Crippen LogP contribution in [0.15, 0.2) is 48.5 Å². The summed E-state index contributed by atoms with van der Waals surface area (Å²) in [6.45, 7) is 2.19. The Morgan fingerprint density at radius 2 is 1.24 bits per heavy atom. The number of benzene rings is 2. The maximum Gasteiger partial charge on any atom is 0.115 e. The van der Waals surface area contributed by atoms with Gasteiger partial charge < -0.3 is 10.2 Å². The molecule has 0 aromatic heterocycles. The lowest BCUT2D eigenvalue weighted by atomic mass is 9.73. The Bertz CT molecular complexity index is 515. The van der Waals surface area contributed by atoms with Crippen LogP contribution in [0.5, 0.6) is 11.5 Å². The minimum atomic E-state index is -0.159. The molecule has 0 atom stereocenters. The summed E-state index contributed by atoms with van der Waals surface area (Å²) < 4.78 is 0. The molecule has 0 fully saturated rings. The zero-order chi connectivity index (χ0) is 15.3. The van der Waals surface area contributed by atoms with E-state index in [9.17, 15) is 10.2 Å². The van der Waals surface area contributed by atoms with Crippen molar-refractivity contribution in [2.75, 3.05) is 5.88 Å². The summed E-state index contributed by atoms with van der Waals surface area (Å²) in [4.78, 5) is 0. The van der Waals surface area contributed by atoms with Crippen molar-refractivity contribution in [3.8, 4) is 11.5 Å². The molecule has 2 rings (SSSR count). The molecule has 2 nitrogen and oxygen atoms in total. The molecule has 0 bridgehead atoms. The first-order chi connectivity index (χ1) is 10.1. The SMILES string of the molecule is CC(CCCCCl)(c1ccc(O)cc1)c1ccc(O)cc1. The normalized spacial score (nSPS) is 11.5. The van der Waals surface area contributed by atoms with Crippen LogP contribution in [0, 0.1) is 0 Å². The number of halogens is 1. The monoisotopic (exact) mass is 304 g/mol. The van der Waals surface area contributed by atoms with Crippen LogP contribution in [0.3, 0.4) is 0 Å². The van der Waals surface area contributed by atoms with E-state index in [1.165, 1.54) is 0 Å². The molecule has 0 unspecified atom stereocenters. The second kappa shape index (κ2) is 6.86. The summed E-state index contributed by atoms with van der Waals surface area (Å²) in [6, 6.07) is 14.7. The van der Waals surface area contributed by atoms with Gasteiger partial charge in [-0.15, -0.1) is 11.6 Å². The number of rotatable bonds is 6. The maximum absolute atomic E-state index is 9.49. The fourth-order valence-electron chi connectivity index (χ4n) is 2.69. The first-order valence-electron chi connectivity index (χ1n) is 7.21. The first-order valence-corrected chi connectivity index (χ1v) is 7.75. The Kier molecular flexibility index (Phi) is 5.13. The van der Waals surface area contributed by atoms with Crippen molar-refractivity contribution >= 4 is 11.6 Å². The summed E-state index contributed by atoms with van der Waals surface area (Å²) in [5.41, 5.74) is 2.15. The number of hydrogen-bond acceptors (Lipinski definition) is 2. The van der Waals surface area contributed by atoms with Gasteiger partial charge in [-0.25, -0.2) is 0 Å². The predicted octanol–water partition coefficient (Wildman–Crippen LogP) is 4.81. The average Bonchev–Trinajstić information content (AvgIpc) is 2.48. The Hall–Kier alpha value is -1.67. The third-order valence-electron chi connectivity index (χ3n) is 4.07. The number of hydrogen-bond donors (Lipinski definition) is 2. The highest BCUT2D eigenvalue weighted by atomic mass is 35.5. The van der Waals surface area contributed by atoms with E-state index >= 15 is 0 Å². The lowest BCUT2D eigenvalue weighted by Gasteiger charge is -2.31. The smallest absolute Gasteiger partial charge is 0.115 e. The minimum Gasteiger partial charge on any atom is -0.508 e. The standard InChI is InChI=1S/C18H21ClO2/c1-18(12-2-3-13-19,14-4-8-16(20)9-5-14)15-6-10-17(21)11-7-15/h4-11,20-21H,2-3,12-13H2,1H3. The first kappa shape index (κ1) is 15.7. The van der Waals surface area contributed by atoms with E-state index in [0.29, 0.717) is 5.88 Å². The van der Waals surface area contributed by atoms with Crippen molar-refractivity contribution in [1.82, 2.24) is 0 Å². The highest BCUT2D eigenvalue weighted by Crippen LogP contribution is 2.38. The quantitative estimate of drug-likeness (QED) is 0.594. The predicted molar refractivity (Wildman–Crippen MR) is 87.2 cm³/mol. The van der Waals surface area contributed by atoms with E-state index in [4.69, 9.17) is 11.6 Å². The van der Waals surface area contributed by atoms with E-state index < -0.39 is 0 Å². The fraction of sp³-hybridized carbons (Fsp3) is 0.333. The summed E-state index contributed by atoms with van der Waals surface area (Å²) in [7, 11) is 0. The molecule has 0 radical (unpaired) electrons. The number of phenolic OH excluding ortho intramolecular Hbond substituents is 2. The van der Waals surface area contributed by atoms with Gasteiger partial charge in [-0.2, -0.15) is 0 Å². The Labute approximate surface area is 131 Å². The summed E-state index contributed by atoms with van der Waals surface area (Å²) in [5.74, 6) is 1.21. The van der Waals surface area contributed by atoms with Crippen molar-refractivity contribution in [3.63, 3.8) is 0 Å². The van der Waals surface area contributed by atoms with Crippen molar-refractivity contribution in [1.29, 1.82) is 0 Å². The van der Waals surface area contributed by atoms with E-state index in [-0.39, 0.29) is 16.9 Å². The summed E-state index contributed by atoms with van der Waals surface area (Å²) in [6.07, 6.45) is 2.98. The molecule has 0 amide bonds. The van der Waals surface area contributed by atoms with Crippen LogP contribution in [-0.4, -0.2) is 16.1 Å². The molecule has 0 spiro atoms. The lowest BCUT2D eigenvalue weighted by Crippen LogP contribution is -2.23. The molecule has 0 saturated heterocycles. The third kappa shape index (κ3) is 3.70. The zero-order valence-corrected chi connectivity index (χ0v) is 13.0. The van der Waals surface area contributed by atoms with Gasteiger partial charge in [0.05, 0.1) is 0 Å². The topological polar surface area (TPSA) is 40.5 Å². The molecule has 21 heavy (non-hydrogen) atoms. The van der Waals surface area contributed by atoms with Crippen molar-refractivity contribution in [2.45, 2.75) is 31.6 Å². The van der Waals surface area contributed by atoms with Gasteiger partial charge >= 0.3 is 0 Å². The van der Waals surface area contributed by atoms with Crippen LogP contribution in [0.25, 0.3) is 0 Å². The Morgan fingerprint density at radius 1 is 0.810 bits per heavy atom. The van der Waals surface area contributed by atoms with Gasteiger partial charge in [-0.05, 0) is 48.2 Å². The zero-order valence-electron chi connectivity index (χ0n) is 12.2. The van der Waals surface area contributed by atoms with Gasteiger partial charge in [-0.3, -0.25) is 0 Å². The van der Waals surface area contributed by atoms with Crippen LogP contribution in [0.4, 0.5) is 0 Å². The number of aromatic hydroxyl groups is 2. The van der Waals surface area contributed by atoms with E-state index in [0.717, 1.165) is 30.4 Å². The van der Waals surface area contributed by atoms with Crippen LogP contribution in [0.1, 0.15) is 37.3 Å². The second-order valence-electron chi connectivity index (χ2n) is 5.57. The molecule has 2 aromatic rings. The van der Waals surface area contributed by atoms with Gasteiger partial charge in [-0.1, -0.05) is 37.6 Å². The largest absolute Gasteiger partial charge is 0.508 e. The second-order valence-corrected chi connectivity index (χ2v) is 5.95. The lowest BCUT2D eigenvalue weighted by molar-refractivity contribution is 0.467. The number of alkyl halides is 1. The molecule has 2 aromatic carbocycles. The molecule has 0 aliphatic heterocycles. The van der Waals surface area contributed by atoms with Crippen LogP contribution >= 0.6 is 11.6 Å². The summed E-state index contributed by atoms with van der Waals surface area (Å²) >= 11 is 5.80. The highest BCUT2D eigenvalue weighted by molar-refractivity contribution is 6.17. The minimum absolute atomic E-state index is 0.159. The van der Waals surface area contributed by atoms with Crippen molar-refractivity contribution in [2.24, 2.45) is 0 Å². The molecule has 112 valence electrons. The molecular formula is C18H21ClO2. The average molecular weight is 305 g/mol. The van der Waals surface area contributed by atoms with Crippen LogP contribution < -0.4 is 0 Å². The molecule has 0 aliphatic carbocycles. The Balaban J connectivity index is 2.37. The van der Waals surface area contributed by atoms with Gasteiger partial charge in [0.1, 0.15) is 11.5 Å². The van der Waals surface area contributed by atoms with E-state index in [1.807, 2.05) is 24.3 Å². The maximum atomic E-state index is 9.49. The summed E-state index contributed by atoms with van der Waals surface area (Å²) in [5, 5.41) is 19.0. The molecule has 0 saturated carbocycles. The number of unbranched alkanes of at least 4 members (excludes halogenated alkanes) is 1. The number of phenols is 2.